The highest BCUT2D eigenvalue weighted by Gasteiger charge is 2.11. The van der Waals surface area contributed by atoms with Crippen molar-refractivity contribution >= 4 is 5.82 Å². The van der Waals surface area contributed by atoms with E-state index < -0.39 is 0 Å². The van der Waals surface area contributed by atoms with Gasteiger partial charge in [0.05, 0.1) is 6.54 Å². The summed E-state index contributed by atoms with van der Waals surface area (Å²) in [4.78, 5) is 11.3. The predicted octanol–water partition coefficient (Wildman–Crippen LogP) is 1.84. The molecule has 1 aromatic rings. The van der Waals surface area contributed by atoms with E-state index in [-0.39, 0.29) is 0 Å². The zero-order valence-corrected chi connectivity index (χ0v) is 11.2. The number of nitrogens with two attached hydrogens (primary N) is 1. The molecule has 0 spiro atoms. The molecule has 0 amide bonds. The van der Waals surface area contributed by atoms with Gasteiger partial charge in [-0.15, -0.1) is 0 Å². The number of likely N-dealkylation sites (tertiary alicyclic amines) is 1. The molecule has 1 fully saturated rings. The van der Waals surface area contributed by atoms with Crippen LogP contribution in [0.4, 0.5) is 5.82 Å². The van der Waals surface area contributed by atoms with Gasteiger partial charge in [0.2, 0.25) is 0 Å². The van der Waals surface area contributed by atoms with Gasteiger partial charge in [0.25, 0.3) is 0 Å². The summed E-state index contributed by atoms with van der Waals surface area (Å²) in [6, 6.07) is 1.86. The molecule has 2 rings (SSSR count). The van der Waals surface area contributed by atoms with Gasteiger partial charge in [-0.05, 0) is 32.9 Å². The standard InChI is InChI=1S/C13H23N5/c1-11-9-12(17-14)16-13(15-11)10-18-7-5-3-2-4-6-8-18/h9H,2-8,10,14H2,1H3,(H,15,16,17). The number of nitrogens with zero attached hydrogens (tertiary/aromatic N) is 3. The summed E-state index contributed by atoms with van der Waals surface area (Å²) in [6.07, 6.45) is 6.65. The van der Waals surface area contributed by atoms with Crippen LogP contribution in [0.3, 0.4) is 0 Å². The SMILES string of the molecule is Cc1cc(NN)nc(CN2CCCCCCC2)n1. The van der Waals surface area contributed by atoms with Crippen LogP contribution >= 0.6 is 0 Å². The number of rotatable bonds is 3. The Balaban J connectivity index is 2.00. The molecular weight excluding hydrogens is 226 g/mol. The first kappa shape index (κ1) is 13.2. The first-order chi connectivity index (χ1) is 8.78. The van der Waals surface area contributed by atoms with Crippen LogP contribution < -0.4 is 11.3 Å². The number of nitrogen functional groups attached to an aromatic ring is 1. The molecule has 1 aliphatic heterocycles. The minimum absolute atomic E-state index is 0.699. The molecule has 0 unspecified atom stereocenters. The van der Waals surface area contributed by atoms with Crippen LogP contribution in [0, 0.1) is 6.92 Å². The van der Waals surface area contributed by atoms with Crippen molar-refractivity contribution in [3.63, 3.8) is 0 Å². The van der Waals surface area contributed by atoms with Crippen LogP contribution in [-0.2, 0) is 6.54 Å². The minimum Gasteiger partial charge on any atom is -0.308 e. The summed E-state index contributed by atoms with van der Waals surface area (Å²) in [7, 11) is 0. The van der Waals surface area contributed by atoms with E-state index in [1.165, 1.54) is 32.1 Å². The highest BCUT2D eigenvalue weighted by atomic mass is 15.3. The summed E-state index contributed by atoms with van der Waals surface area (Å²) in [5.74, 6) is 6.98. The minimum atomic E-state index is 0.699. The van der Waals surface area contributed by atoms with Gasteiger partial charge < -0.3 is 5.43 Å². The van der Waals surface area contributed by atoms with Crippen LogP contribution in [0.1, 0.15) is 43.6 Å². The van der Waals surface area contributed by atoms with E-state index >= 15 is 0 Å². The molecule has 0 saturated carbocycles. The number of hydrazine groups is 1. The van der Waals surface area contributed by atoms with Gasteiger partial charge in [0.1, 0.15) is 11.6 Å². The van der Waals surface area contributed by atoms with Crippen LogP contribution in [0.2, 0.25) is 0 Å². The molecule has 1 saturated heterocycles. The Hall–Kier alpha value is -1.20. The average Bonchev–Trinajstić information content (AvgIpc) is 2.31. The molecule has 0 aromatic carbocycles. The normalized spacial score (nSPS) is 18.1. The maximum Gasteiger partial charge on any atom is 0.145 e. The molecule has 100 valence electrons. The predicted molar refractivity (Wildman–Crippen MR) is 72.9 cm³/mol. The maximum absolute atomic E-state index is 5.41. The van der Waals surface area contributed by atoms with Gasteiger partial charge in [0, 0.05) is 11.8 Å². The molecule has 2 heterocycles. The number of hydrogen-bond acceptors (Lipinski definition) is 5. The highest BCUT2D eigenvalue weighted by Crippen LogP contribution is 2.13. The second-order valence-corrected chi connectivity index (χ2v) is 5.00. The quantitative estimate of drug-likeness (QED) is 0.632. The molecule has 0 atom stereocenters. The van der Waals surface area contributed by atoms with Crippen LogP contribution in [-0.4, -0.2) is 28.0 Å². The fourth-order valence-electron chi connectivity index (χ4n) is 2.45. The smallest absolute Gasteiger partial charge is 0.145 e. The van der Waals surface area contributed by atoms with Crippen molar-refractivity contribution in [2.45, 2.75) is 45.6 Å². The van der Waals surface area contributed by atoms with Crippen LogP contribution in [0.25, 0.3) is 0 Å². The fourth-order valence-corrected chi connectivity index (χ4v) is 2.45. The van der Waals surface area contributed by atoms with E-state index in [0.29, 0.717) is 5.82 Å². The summed E-state index contributed by atoms with van der Waals surface area (Å²) in [5, 5.41) is 0. The molecule has 0 bridgehead atoms. The van der Waals surface area contributed by atoms with Crippen molar-refractivity contribution in [1.29, 1.82) is 0 Å². The Labute approximate surface area is 109 Å². The van der Waals surface area contributed by atoms with Crippen molar-refractivity contribution < 1.29 is 0 Å². The van der Waals surface area contributed by atoms with E-state index in [1.807, 2.05) is 13.0 Å². The van der Waals surface area contributed by atoms with Crippen molar-refractivity contribution in [3.8, 4) is 0 Å². The average molecular weight is 249 g/mol. The van der Waals surface area contributed by atoms with Crippen molar-refractivity contribution in [3.05, 3.63) is 17.6 Å². The lowest BCUT2D eigenvalue weighted by molar-refractivity contribution is 0.234. The Bertz CT molecular complexity index is 372. The second kappa shape index (κ2) is 6.66. The van der Waals surface area contributed by atoms with E-state index in [2.05, 4.69) is 20.3 Å². The number of nitrogens with one attached hydrogen (secondary N) is 1. The van der Waals surface area contributed by atoms with Crippen LogP contribution in [0.15, 0.2) is 6.07 Å². The monoisotopic (exact) mass is 249 g/mol. The molecule has 1 aliphatic rings. The zero-order valence-electron chi connectivity index (χ0n) is 11.2. The van der Waals surface area contributed by atoms with Gasteiger partial charge in [-0.2, -0.15) is 0 Å². The third-order valence-corrected chi connectivity index (χ3v) is 3.36. The number of aromatic nitrogens is 2. The molecule has 18 heavy (non-hydrogen) atoms. The lowest BCUT2D eigenvalue weighted by Gasteiger charge is -2.23. The Morgan fingerprint density at radius 3 is 2.50 bits per heavy atom. The summed E-state index contributed by atoms with van der Waals surface area (Å²) in [6.45, 7) is 5.11. The summed E-state index contributed by atoms with van der Waals surface area (Å²) < 4.78 is 0. The van der Waals surface area contributed by atoms with Gasteiger partial charge in [-0.3, -0.25) is 4.90 Å². The third kappa shape index (κ3) is 3.92. The van der Waals surface area contributed by atoms with E-state index in [4.69, 9.17) is 5.84 Å². The van der Waals surface area contributed by atoms with E-state index in [9.17, 15) is 0 Å². The fraction of sp³-hybridized carbons (Fsp3) is 0.692. The highest BCUT2D eigenvalue weighted by molar-refractivity contribution is 5.33. The van der Waals surface area contributed by atoms with Crippen molar-refractivity contribution in [1.82, 2.24) is 14.9 Å². The lowest BCUT2D eigenvalue weighted by atomic mass is 10.1. The molecule has 5 nitrogen and oxygen atoms in total. The first-order valence-corrected chi connectivity index (χ1v) is 6.81. The number of aryl methyl sites for hydroxylation is 1. The molecule has 1 aromatic heterocycles. The van der Waals surface area contributed by atoms with Crippen molar-refractivity contribution in [2.24, 2.45) is 5.84 Å². The number of hydrogen-bond donors (Lipinski definition) is 2. The second-order valence-electron chi connectivity index (χ2n) is 5.00. The Morgan fingerprint density at radius 2 is 1.83 bits per heavy atom. The van der Waals surface area contributed by atoms with E-state index in [0.717, 1.165) is 31.2 Å². The van der Waals surface area contributed by atoms with Gasteiger partial charge in [-0.1, -0.05) is 19.3 Å². The zero-order chi connectivity index (χ0) is 12.8. The van der Waals surface area contributed by atoms with Gasteiger partial charge >= 0.3 is 0 Å². The molecule has 3 N–H and O–H groups in total. The molecule has 0 aliphatic carbocycles. The Morgan fingerprint density at radius 1 is 1.17 bits per heavy atom. The first-order valence-electron chi connectivity index (χ1n) is 6.81. The lowest BCUT2D eigenvalue weighted by Crippen LogP contribution is -2.28. The third-order valence-electron chi connectivity index (χ3n) is 3.36. The Kier molecular flexibility index (Phi) is 4.90. The molecule has 5 heteroatoms. The summed E-state index contributed by atoms with van der Waals surface area (Å²) >= 11 is 0. The largest absolute Gasteiger partial charge is 0.308 e. The molecular formula is C13H23N5. The molecule has 0 radical (unpaired) electrons. The van der Waals surface area contributed by atoms with Gasteiger partial charge in [0.15, 0.2) is 0 Å². The van der Waals surface area contributed by atoms with E-state index in [1.54, 1.807) is 0 Å². The number of anilines is 1. The maximum atomic E-state index is 5.41. The topological polar surface area (TPSA) is 67.1 Å². The summed E-state index contributed by atoms with van der Waals surface area (Å²) in [5.41, 5.74) is 3.56. The van der Waals surface area contributed by atoms with Crippen LogP contribution in [0.5, 0.6) is 0 Å². The van der Waals surface area contributed by atoms with Crippen molar-refractivity contribution in [2.75, 3.05) is 18.5 Å². The van der Waals surface area contributed by atoms with Gasteiger partial charge in [-0.25, -0.2) is 15.8 Å².